The number of benzene rings is 1. The first kappa shape index (κ1) is 20.4. The van der Waals surface area contributed by atoms with Crippen molar-refractivity contribution in [3.8, 4) is 0 Å². The minimum atomic E-state index is -0.616. The molecule has 1 unspecified atom stereocenters. The number of carbonyl (C=O) groups excluding carboxylic acids is 4. The second-order valence-corrected chi connectivity index (χ2v) is 8.01. The van der Waals surface area contributed by atoms with E-state index in [9.17, 15) is 19.2 Å². The summed E-state index contributed by atoms with van der Waals surface area (Å²) in [7, 11) is 0. The summed E-state index contributed by atoms with van der Waals surface area (Å²) >= 11 is 0. The van der Waals surface area contributed by atoms with Gasteiger partial charge in [-0.25, -0.2) is 0 Å². The molecule has 1 aromatic carbocycles. The Hall–Kier alpha value is -2.90. The van der Waals surface area contributed by atoms with Gasteiger partial charge >= 0.3 is 0 Å². The Morgan fingerprint density at radius 1 is 1.17 bits per heavy atom. The minimum Gasteiger partial charge on any atom is -0.385 e. The first-order chi connectivity index (χ1) is 14.5. The lowest BCUT2D eigenvalue weighted by molar-refractivity contribution is -0.137. The maximum atomic E-state index is 12.9. The van der Waals surface area contributed by atoms with Gasteiger partial charge in [-0.3, -0.25) is 24.5 Å². The van der Waals surface area contributed by atoms with E-state index in [2.05, 4.69) is 17.1 Å². The number of likely N-dealkylation sites (tertiary alicyclic amines) is 1. The van der Waals surface area contributed by atoms with Crippen LogP contribution in [0.25, 0.3) is 0 Å². The highest BCUT2D eigenvalue weighted by Gasteiger charge is 2.39. The second kappa shape index (κ2) is 8.85. The number of nitrogens with zero attached hydrogens (tertiary/aromatic N) is 2. The van der Waals surface area contributed by atoms with E-state index < -0.39 is 11.9 Å². The average molecular weight is 411 g/mol. The topological polar surface area (TPSA) is 98.8 Å². The molecule has 0 aromatic heterocycles. The number of imide groups is 1. The maximum Gasteiger partial charge on any atom is 0.255 e. The fourth-order valence-corrected chi connectivity index (χ4v) is 4.37. The summed E-state index contributed by atoms with van der Waals surface area (Å²) in [6, 6.07) is 4.89. The van der Waals surface area contributed by atoms with E-state index in [4.69, 9.17) is 0 Å². The summed E-state index contributed by atoms with van der Waals surface area (Å²) in [5, 5.41) is 5.68. The lowest BCUT2D eigenvalue weighted by Gasteiger charge is -2.29. The van der Waals surface area contributed by atoms with Gasteiger partial charge in [-0.15, -0.1) is 0 Å². The first-order valence-corrected chi connectivity index (χ1v) is 10.6. The number of fused-ring (bicyclic) bond motifs is 1. The van der Waals surface area contributed by atoms with Crippen LogP contribution >= 0.6 is 0 Å². The number of carbonyl (C=O) groups is 4. The van der Waals surface area contributed by atoms with Gasteiger partial charge in [0.25, 0.3) is 5.91 Å². The van der Waals surface area contributed by atoms with Gasteiger partial charge in [0.1, 0.15) is 6.04 Å². The van der Waals surface area contributed by atoms with E-state index in [0.717, 1.165) is 37.2 Å². The van der Waals surface area contributed by atoms with E-state index in [1.807, 2.05) is 17.0 Å². The largest absolute Gasteiger partial charge is 0.385 e. The standard InChI is InChI=1S/C22H27N4O4/c27-19-10-9-18(21(29)24-19)26-14-16-15(22(26)30)6-4-7-17(16)23-11-5-8-20(28)25-12-2-1-3-13-25/h1,4,6-7,18,23H,2-3,5,8-14H2,(H,24,27,29). The fourth-order valence-electron chi connectivity index (χ4n) is 4.37. The number of hydrogen-bond acceptors (Lipinski definition) is 5. The minimum absolute atomic E-state index is 0.180. The second-order valence-electron chi connectivity index (χ2n) is 8.01. The number of anilines is 1. The molecular formula is C22H27N4O4. The predicted octanol–water partition coefficient (Wildman–Crippen LogP) is 1.47. The van der Waals surface area contributed by atoms with Crippen LogP contribution in [0.4, 0.5) is 5.69 Å². The predicted molar refractivity (Wildman–Crippen MR) is 110 cm³/mol. The van der Waals surface area contributed by atoms with Crippen molar-refractivity contribution in [2.75, 3.05) is 25.0 Å². The number of nitrogens with one attached hydrogen (secondary N) is 2. The quantitative estimate of drug-likeness (QED) is 0.546. The molecule has 8 nitrogen and oxygen atoms in total. The van der Waals surface area contributed by atoms with Gasteiger partial charge in [0.2, 0.25) is 17.7 Å². The molecule has 2 N–H and O–H groups in total. The van der Waals surface area contributed by atoms with Gasteiger partial charge in [-0.2, -0.15) is 0 Å². The average Bonchev–Trinajstić information content (AvgIpc) is 3.09. The monoisotopic (exact) mass is 411 g/mol. The molecular weight excluding hydrogens is 384 g/mol. The molecule has 0 saturated carbocycles. The van der Waals surface area contributed by atoms with Crippen molar-refractivity contribution in [3.63, 3.8) is 0 Å². The summed E-state index contributed by atoms with van der Waals surface area (Å²) in [6.07, 6.45) is 5.97. The third-order valence-corrected chi connectivity index (χ3v) is 6.02. The summed E-state index contributed by atoms with van der Waals surface area (Å²) in [6.45, 7) is 2.61. The smallest absolute Gasteiger partial charge is 0.255 e. The molecule has 4 rings (SSSR count). The van der Waals surface area contributed by atoms with Crippen molar-refractivity contribution in [2.24, 2.45) is 0 Å². The molecule has 3 heterocycles. The van der Waals surface area contributed by atoms with Crippen LogP contribution in [0.2, 0.25) is 0 Å². The van der Waals surface area contributed by atoms with Crippen LogP contribution in [0, 0.1) is 6.42 Å². The Morgan fingerprint density at radius 3 is 2.73 bits per heavy atom. The highest BCUT2D eigenvalue weighted by molar-refractivity contribution is 6.06. The van der Waals surface area contributed by atoms with Gasteiger partial charge in [0, 0.05) is 55.8 Å². The summed E-state index contributed by atoms with van der Waals surface area (Å²) in [5.74, 6) is -0.682. The number of amides is 4. The lowest BCUT2D eigenvalue weighted by atomic mass is 10.0. The molecule has 8 heteroatoms. The molecule has 3 aliphatic rings. The molecule has 0 aliphatic carbocycles. The van der Waals surface area contributed by atoms with Gasteiger partial charge < -0.3 is 15.1 Å². The van der Waals surface area contributed by atoms with Gasteiger partial charge in [-0.05, 0) is 44.2 Å². The molecule has 1 radical (unpaired) electrons. The van der Waals surface area contributed by atoms with Crippen LogP contribution < -0.4 is 10.6 Å². The summed E-state index contributed by atoms with van der Waals surface area (Å²) in [5.41, 5.74) is 2.31. The van der Waals surface area contributed by atoms with Crippen LogP contribution in [-0.4, -0.2) is 59.1 Å². The highest BCUT2D eigenvalue weighted by atomic mass is 16.2. The number of hydrogen-bond donors (Lipinski definition) is 2. The fraction of sp³-hybridized carbons (Fsp3) is 0.500. The third-order valence-electron chi connectivity index (χ3n) is 6.02. The normalized spacial score (nSPS) is 21.5. The van der Waals surface area contributed by atoms with E-state index in [0.29, 0.717) is 37.9 Å². The zero-order valence-electron chi connectivity index (χ0n) is 17.0. The first-order valence-electron chi connectivity index (χ1n) is 10.6. The van der Waals surface area contributed by atoms with Crippen molar-refractivity contribution in [3.05, 3.63) is 35.7 Å². The zero-order valence-corrected chi connectivity index (χ0v) is 17.0. The molecule has 2 saturated heterocycles. The zero-order chi connectivity index (χ0) is 21.1. The summed E-state index contributed by atoms with van der Waals surface area (Å²) < 4.78 is 0. The Labute approximate surface area is 176 Å². The van der Waals surface area contributed by atoms with Crippen LogP contribution in [0.1, 0.15) is 54.4 Å². The van der Waals surface area contributed by atoms with Crippen LogP contribution in [-0.2, 0) is 20.9 Å². The van der Waals surface area contributed by atoms with E-state index in [1.54, 1.807) is 11.0 Å². The van der Waals surface area contributed by atoms with Gasteiger partial charge in [0.15, 0.2) is 0 Å². The molecule has 0 bridgehead atoms. The van der Waals surface area contributed by atoms with Gasteiger partial charge in [0.05, 0.1) is 0 Å². The van der Waals surface area contributed by atoms with Gasteiger partial charge in [-0.1, -0.05) is 6.07 Å². The molecule has 1 aromatic rings. The van der Waals surface area contributed by atoms with Crippen LogP contribution in [0.15, 0.2) is 18.2 Å². The van der Waals surface area contributed by atoms with E-state index >= 15 is 0 Å². The van der Waals surface area contributed by atoms with Crippen LogP contribution in [0.3, 0.4) is 0 Å². The summed E-state index contributed by atoms with van der Waals surface area (Å²) in [4.78, 5) is 52.2. The highest BCUT2D eigenvalue weighted by Crippen LogP contribution is 2.32. The maximum absolute atomic E-state index is 12.9. The van der Waals surface area contributed by atoms with Crippen molar-refractivity contribution in [1.82, 2.24) is 15.1 Å². The molecule has 159 valence electrons. The molecule has 1 atom stereocenters. The van der Waals surface area contributed by atoms with Crippen molar-refractivity contribution in [2.45, 2.75) is 51.1 Å². The third kappa shape index (κ3) is 4.17. The van der Waals surface area contributed by atoms with Crippen molar-refractivity contribution >= 4 is 29.3 Å². The SMILES string of the molecule is O=C1CCC(N2Cc3c(NCCCC(=O)N4CC[CH]CC4)cccc3C2=O)C(=O)N1. The number of rotatable bonds is 6. The Morgan fingerprint density at radius 2 is 1.97 bits per heavy atom. The molecule has 4 amide bonds. The Balaban J connectivity index is 1.34. The van der Waals surface area contributed by atoms with E-state index in [1.165, 1.54) is 0 Å². The number of piperidine rings is 2. The molecule has 3 aliphatic heterocycles. The van der Waals surface area contributed by atoms with E-state index in [-0.39, 0.29) is 24.1 Å². The Bertz CT molecular complexity index is 863. The van der Waals surface area contributed by atoms with Crippen LogP contribution in [0.5, 0.6) is 0 Å². The Kier molecular flexibility index (Phi) is 6.01. The molecule has 0 spiro atoms. The molecule has 30 heavy (non-hydrogen) atoms. The van der Waals surface area contributed by atoms with Crippen molar-refractivity contribution in [1.29, 1.82) is 0 Å². The van der Waals surface area contributed by atoms with Crippen molar-refractivity contribution < 1.29 is 19.2 Å². The molecule has 2 fully saturated rings. The lowest BCUT2D eigenvalue weighted by Crippen LogP contribution is -2.52.